The lowest BCUT2D eigenvalue weighted by Gasteiger charge is -2.35. The van der Waals surface area contributed by atoms with Crippen LogP contribution in [0.4, 0.5) is 0 Å². The molecule has 2 saturated heterocycles. The zero-order valence-electron chi connectivity index (χ0n) is 17.0. The van der Waals surface area contributed by atoms with Gasteiger partial charge < -0.3 is 23.9 Å². The first-order chi connectivity index (χ1) is 14.5. The number of carbonyl (C=O) groups excluding carboxylic acids is 3. The highest BCUT2D eigenvalue weighted by Crippen LogP contribution is 2.24. The smallest absolute Gasteiger partial charge is 0.289 e. The maximum atomic E-state index is 12.9. The second-order valence-corrected chi connectivity index (χ2v) is 7.62. The minimum Gasteiger partial charge on any atom is -0.497 e. The number of methoxy groups -OCH3 is 1. The predicted molar refractivity (Wildman–Crippen MR) is 108 cm³/mol. The van der Waals surface area contributed by atoms with Crippen molar-refractivity contribution < 1.29 is 23.5 Å². The van der Waals surface area contributed by atoms with E-state index < -0.39 is 0 Å². The van der Waals surface area contributed by atoms with Gasteiger partial charge in [-0.15, -0.1) is 0 Å². The number of carbonyl (C=O) groups is 3. The molecule has 8 nitrogen and oxygen atoms in total. The fourth-order valence-electron chi connectivity index (χ4n) is 3.99. The maximum absolute atomic E-state index is 12.9. The van der Waals surface area contributed by atoms with E-state index in [9.17, 15) is 14.4 Å². The van der Waals surface area contributed by atoms with Gasteiger partial charge in [-0.1, -0.05) is 12.1 Å². The van der Waals surface area contributed by atoms with Gasteiger partial charge in [0.05, 0.1) is 19.3 Å². The molecule has 0 spiro atoms. The van der Waals surface area contributed by atoms with Crippen LogP contribution in [-0.4, -0.2) is 72.3 Å². The minimum atomic E-state index is -0.330. The highest BCUT2D eigenvalue weighted by Gasteiger charge is 2.37. The number of hydrogen-bond acceptors (Lipinski definition) is 5. The van der Waals surface area contributed by atoms with Crippen molar-refractivity contribution in [2.45, 2.75) is 13.0 Å². The average Bonchev–Trinajstić information content (AvgIpc) is 3.44. The lowest BCUT2D eigenvalue weighted by Crippen LogP contribution is -2.52. The van der Waals surface area contributed by atoms with Crippen molar-refractivity contribution in [2.75, 3.05) is 39.8 Å². The van der Waals surface area contributed by atoms with E-state index >= 15 is 0 Å². The summed E-state index contributed by atoms with van der Waals surface area (Å²) in [6.45, 7) is 2.76. The number of amides is 3. The third kappa shape index (κ3) is 4.17. The zero-order chi connectivity index (χ0) is 21.1. The van der Waals surface area contributed by atoms with E-state index in [-0.39, 0.29) is 30.1 Å². The van der Waals surface area contributed by atoms with E-state index in [0.717, 1.165) is 11.3 Å². The Kier molecular flexibility index (Phi) is 5.74. The first-order valence-electron chi connectivity index (χ1n) is 10.1. The van der Waals surface area contributed by atoms with Crippen LogP contribution in [0.25, 0.3) is 0 Å². The Hall–Kier alpha value is -3.29. The van der Waals surface area contributed by atoms with Crippen LogP contribution < -0.4 is 4.74 Å². The summed E-state index contributed by atoms with van der Waals surface area (Å²) < 4.78 is 10.3. The van der Waals surface area contributed by atoms with Crippen LogP contribution in [0.1, 0.15) is 22.5 Å². The lowest BCUT2D eigenvalue weighted by molar-refractivity contribution is -0.137. The Morgan fingerprint density at radius 1 is 1.07 bits per heavy atom. The third-order valence-corrected chi connectivity index (χ3v) is 5.71. The zero-order valence-corrected chi connectivity index (χ0v) is 17.0. The molecule has 0 bridgehead atoms. The monoisotopic (exact) mass is 411 g/mol. The second kappa shape index (κ2) is 8.61. The van der Waals surface area contributed by atoms with Crippen LogP contribution in [0.5, 0.6) is 5.75 Å². The van der Waals surface area contributed by atoms with Crippen LogP contribution in [0.2, 0.25) is 0 Å². The van der Waals surface area contributed by atoms with Crippen molar-refractivity contribution in [1.29, 1.82) is 0 Å². The number of hydrogen-bond donors (Lipinski definition) is 0. The molecule has 0 saturated carbocycles. The summed E-state index contributed by atoms with van der Waals surface area (Å²) in [7, 11) is 1.61. The number of rotatable bonds is 5. The van der Waals surface area contributed by atoms with E-state index in [1.54, 1.807) is 33.9 Å². The Balaban J connectivity index is 1.30. The van der Waals surface area contributed by atoms with Gasteiger partial charge >= 0.3 is 0 Å². The maximum Gasteiger partial charge on any atom is 0.289 e. The summed E-state index contributed by atoms with van der Waals surface area (Å²) in [4.78, 5) is 42.9. The van der Waals surface area contributed by atoms with Gasteiger partial charge in [0.25, 0.3) is 5.91 Å². The van der Waals surface area contributed by atoms with Gasteiger partial charge in [-0.25, -0.2) is 0 Å². The minimum absolute atomic E-state index is 0.00389. The molecule has 8 heteroatoms. The predicted octanol–water partition coefficient (Wildman–Crippen LogP) is 1.62. The fraction of sp³-hybridized carbons (Fsp3) is 0.409. The van der Waals surface area contributed by atoms with Crippen molar-refractivity contribution in [3.05, 3.63) is 54.0 Å². The SMILES string of the molecule is COc1ccc(CN2C[C@H](C(=O)N3CCN(C(=O)c4ccco4)CC3)CC2=O)cc1. The fourth-order valence-corrected chi connectivity index (χ4v) is 3.99. The summed E-state index contributed by atoms with van der Waals surface area (Å²) in [6.07, 6.45) is 1.71. The van der Waals surface area contributed by atoms with Crippen molar-refractivity contribution in [1.82, 2.24) is 14.7 Å². The normalized spacial score (nSPS) is 19.3. The molecule has 3 amide bonds. The van der Waals surface area contributed by atoms with Gasteiger partial charge in [0.2, 0.25) is 11.8 Å². The summed E-state index contributed by atoms with van der Waals surface area (Å²) in [5, 5.41) is 0. The van der Waals surface area contributed by atoms with E-state index in [1.165, 1.54) is 6.26 Å². The Bertz CT molecular complexity index is 901. The Morgan fingerprint density at radius 3 is 2.40 bits per heavy atom. The number of piperazine rings is 1. The number of ether oxygens (including phenoxy) is 1. The van der Waals surface area contributed by atoms with Gasteiger partial charge in [0, 0.05) is 45.7 Å². The molecule has 1 atom stereocenters. The molecule has 158 valence electrons. The first kappa shape index (κ1) is 20.0. The second-order valence-electron chi connectivity index (χ2n) is 7.62. The molecule has 0 unspecified atom stereocenters. The molecule has 2 aromatic rings. The van der Waals surface area contributed by atoms with Gasteiger partial charge in [-0.2, -0.15) is 0 Å². The van der Waals surface area contributed by atoms with E-state index in [0.29, 0.717) is 45.0 Å². The average molecular weight is 411 g/mol. The number of benzene rings is 1. The molecular weight excluding hydrogens is 386 g/mol. The lowest BCUT2D eigenvalue weighted by atomic mass is 10.1. The van der Waals surface area contributed by atoms with Gasteiger partial charge in [-0.05, 0) is 29.8 Å². The van der Waals surface area contributed by atoms with Gasteiger partial charge in [0.1, 0.15) is 5.75 Å². The van der Waals surface area contributed by atoms with Crippen molar-refractivity contribution >= 4 is 17.7 Å². The highest BCUT2D eigenvalue weighted by atomic mass is 16.5. The molecule has 3 heterocycles. The number of nitrogens with zero attached hydrogens (tertiary/aromatic N) is 3. The van der Waals surface area contributed by atoms with Crippen molar-refractivity contribution in [3.63, 3.8) is 0 Å². The highest BCUT2D eigenvalue weighted by molar-refractivity contribution is 5.92. The summed E-state index contributed by atoms with van der Waals surface area (Å²) >= 11 is 0. The van der Waals surface area contributed by atoms with Gasteiger partial charge in [0.15, 0.2) is 5.76 Å². The quantitative estimate of drug-likeness (QED) is 0.747. The molecule has 0 N–H and O–H groups in total. The molecule has 1 aromatic carbocycles. The topological polar surface area (TPSA) is 83.3 Å². The molecular formula is C22H25N3O5. The summed E-state index contributed by atoms with van der Waals surface area (Å²) in [6, 6.07) is 10.9. The van der Waals surface area contributed by atoms with E-state index in [2.05, 4.69) is 0 Å². The Morgan fingerprint density at radius 2 is 1.77 bits per heavy atom. The van der Waals surface area contributed by atoms with Crippen LogP contribution >= 0.6 is 0 Å². The van der Waals surface area contributed by atoms with Gasteiger partial charge in [-0.3, -0.25) is 14.4 Å². The van der Waals surface area contributed by atoms with Crippen LogP contribution in [0.15, 0.2) is 47.1 Å². The summed E-state index contributed by atoms with van der Waals surface area (Å²) in [5.74, 6) is 0.577. The molecule has 2 aliphatic heterocycles. The largest absolute Gasteiger partial charge is 0.497 e. The van der Waals surface area contributed by atoms with Crippen molar-refractivity contribution in [3.8, 4) is 5.75 Å². The standard InChI is InChI=1S/C22H25N3O5/c1-29-18-6-4-16(5-7-18)14-25-15-17(13-20(25)26)21(27)23-8-10-24(11-9-23)22(28)19-3-2-12-30-19/h2-7,12,17H,8-11,13-15H2,1H3/t17-/m1/s1. The van der Waals surface area contributed by atoms with Crippen LogP contribution in [-0.2, 0) is 16.1 Å². The first-order valence-corrected chi connectivity index (χ1v) is 10.1. The van der Waals surface area contributed by atoms with E-state index in [4.69, 9.17) is 9.15 Å². The molecule has 0 radical (unpaired) electrons. The molecule has 30 heavy (non-hydrogen) atoms. The van der Waals surface area contributed by atoms with E-state index in [1.807, 2.05) is 24.3 Å². The molecule has 2 aliphatic rings. The molecule has 2 fully saturated rings. The number of likely N-dealkylation sites (tertiary alicyclic amines) is 1. The van der Waals surface area contributed by atoms with Crippen molar-refractivity contribution in [2.24, 2.45) is 5.92 Å². The van der Waals surface area contributed by atoms with Crippen LogP contribution in [0.3, 0.4) is 0 Å². The molecule has 1 aromatic heterocycles. The third-order valence-electron chi connectivity index (χ3n) is 5.71. The molecule has 0 aliphatic carbocycles. The number of furan rings is 1. The van der Waals surface area contributed by atoms with Crippen LogP contribution in [0, 0.1) is 5.92 Å². The summed E-state index contributed by atoms with van der Waals surface area (Å²) in [5.41, 5.74) is 1.00. The Labute approximate surface area is 175 Å². The molecule has 4 rings (SSSR count).